The maximum Gasteiger partial charge on any atom is 0.229 e. The van der Waals surface area contributed by atoms with Crippen LogP contribution < -0.4 is 16.2 Å². The molecular formula is C25H29N5O2. The molecule has 3 unspecified atom stereocenters. The smallest absolute Gasteiger partial charge is 0.229 e. The molecule has 2 aromatic rings. The molecule has 0 radical (unpaired) electrons. The number of rotatable bonds is 6. The number of benzene rings is 1. The summed E-state index contributed by atoms with van der Waals surface area (Å²) in [6.07, 6.45) is 10.1. The van der Waals surface area contributed by atoms with Gasteiger partial charge >= 0.3 is 0 Å². The second-order valence-corrected chi connectivity index (χ2v) is 8.67. The molecule has 3 N–H and O–H groups in total. The number of pyridine rings is 1. The van der Waals surface area contributed by atoms with Crippen LogP contribution in [-0.2, 0) is 16.0 Å². The van der Waals surface area contributed by atoms with Crippen molar-refractivity contribution in [2.45, 2.75) is 25.8 Å². The Labute approximate surface area is 189 Å². The third-order valence-corrected chi connectivity index (χ3v) is 6.59. The highest BCUT2D eigenvalue weighted by molar-refractivity contribution is 5.87. The molecule has 1 aromatic heterocycles. The molecule has 4 rings (SSSR count). The Morgan fingerprint density at radius 2 is 2.16 bits per heavy atom. The van der Waals surface area contributed by atoms with Crippen molar-refractivity contribution in [1.29, 1.82) is 0 Å². The summed E-state index contributed by atoms with van der Waals surface area (Å²) in [4.78, 5) is 32.6. The zero-order valence-electron chi connectivity index (χ0n) is 18.3. The average Bonchev–Trinajstić information content (AvgIpc) is 3.45. The van der Waals surface area contributed by atoms with Crippen LogP contribution in [0.5, 0.6) is 0 Å². The number of nitrogens with one attached hydrogen (secondary N) is 3. The molecule has 0 saturated carbocycles. The third-order valence-electron chi connectivity index (χ3n) is 6.59. The van der Waals surface area contributed by atoms with Gasteiger partial charge in [0.25, 0.3) is 0 Å². The van der Waals surface area contributed by atoms with Gasteiger partial charge < -0.3 is 10.2 Å². The van der Waals surface area contributed by atoms with E-state index in [-0.39, 0.29) is 30.3 Å². The predicted molar refractivity (Wildman–Crippen MR) is 123 cm³/mol. The number of likely N-dealkylation sites (tertiary alicyclic amines) is 1. The molecule has 7 heteroatoms. The van der Waals surface area contributed by atoms with E-state index in [1.54, 1.807) is 6.20 Å². The average molecular weight is 432 g/mol. The predicted octanol–water partition coefficient (Wildman–Crippen LogP) is 1.37. The van der Waals surface area contributed by atoms with Crippen molar-refractivity contribution >= 4 is 11.8 Å². The van der Waals surface area contributed by atoms with Crippen molar-refractivity contribution in [3.63, 3.8) is 0 Å². The van der Waals surface area contributed by atoms with E-state index in [0.717, 1.165) is 16.7 Å². The van der Waals surface area contributed by atoms with E-state index in [9.17, 15) is 9.59 Å². The molecule has 0 aliphatic carbocycles. The monoisotopic (exact) mass is 431 g/mol. The standard InChI is InChI=1S/C25H29N5O2/c1-3-11-27-24(32)25(10-13-30(17-25)23(31)22-16-28-29-18(22)2)14-19-7-4-5-9-21(19)20-8-6-12-26-15-20/h1,4-9,12,15,18,22,28-29H,10-11,13-14,16-17H2,2H3,(H,27,32). The van der Waals surface area contributed by atoms with Gasteiger partial charge in [0.05, 0.1) is 17.9 Å². The van der Waals surface area contributed by atoms with E-state index in [0.29, 0.717) is 32.5 Å². The first-order valence-electron chi connectivity index (χ1n) is 11.0. The van der Waals surface area contributed by atoms with Crippen LogP contribution in [0.15, 0.2) is 48.8 Å². The Balaban J connectivity index is 1.62. The Hall–Kier alpha value is -3.21. The number of terminal acetylenes is 1. The first kappa shape index (κ1) is 22.0. The molecule has 2 fully saturated rings. The molecule has 2 saturated heterocycles. The summed E-state index contributed by atoms with van der Waals surface area (Å²) in [6, 6.07) is 12.1. The van der Waals surface area contributed by atoms with E-state index >= 15 is 0 Å². The van der Waals surface area contributed by atoms with Crippen LogP contribution >= 0.6 is 0 Å². The number of hydrazine groups is 1. The highest BCUT2D eigenvalue weighted by atomic mass is 16.2. The third kappa shape index (κ3) is 4.38. The Morgan fingerprint density at radius 1 is 1.31 bits per heavy atom. The van der Waals surface area contributed by atoms with Crippen LogP contribution in [0.4, 0.5) is 0 Å². The molecule has 0 bridgehead atoms. The van der Waals surface area contributed by atoms with Gasteiger partial charge in [-0.25, -0.2) is 0 Å². The molecule has 0 spiro atoms. The zero-order chi connectivity index (χ0) is 22.6. The lowest BCUT2D eigenvalue weighted by molar-refractivity contribution is -0.136. The molecule has 32 heavy (non-hydrogen) atoms. The van der Waals surface area contributed by atoms with Crippen LogP contribution in [0.2, 0.25) is 0 Å². The largest absolute Gasteiger partial charge is 0.345 e. The highest BCUT2D eigenvalue weighted by Crippen LogP contribution is 2.38. The van der Waals surface area contributed by atoms with Gasteiger partial charge in [0.1, 0.15) is 0 Å². The van der Waals surface area contributed by atoms with Gasteiger partial charge in [-0.3, -0.25) is 25.4 Å². The molecular weight excluding hydrogens is 402 g/mol. The van der Waals surface area contributed by atoms with Gasteiger partial charge in [-0.1, -0.05) is 36.3 Å². The molecule has 7 nitrogen and oxygen atoms in total. The topological polar surface area (TPSA) is 86.4 Å². The molecule has 1 aromatic carbocycles. The van der Waals surface area contributed by atoms with Gasteiger partial charge in [-0.2, -0.15) is 0 Å². The molecule has 166 valence electrons. The number of amides is 2. The lowest BCUT2D eigenvalue weighted by Crippen LogP contribution is -2.47. The molecule has 3 heterocycles. The summed E-state index contributed by atoms with van der Waals surface area (Å²) in [5.74, 6) is 2.34. The van der Waals surface area contributed by atoms with Crippen molar-refractivity contribution < 1.29 is 9.59 Å². The van der Waals surface area contributed by atoms with Gasteiger partial charge in [-0.05, 0) is 37.0 Å². The number of hydrogen-bond acceptors (Lipinski definition) is 5. The maximum absolute atomic E-state index is 13.4. The summed E-state index contributed by atoms with van der Waals surface area (Å²) in [7, 11) is 0. The van der Waals surface area contributed by atoms with Crippen molar-refractivity contribution in [3.05, 3.63) is 54.4 Å². The Kier molecular flexibility index (Phi) is 6.54. The van der Waals surface area contributed by atoms with Gasteiger partial charge in [0.2, 0.25) is 11.8 Å². The molecule has 2 aliphatic rings. The number of carbonyl (C=O) groups excluding carboxylic acids is 2. The van der Waals surface area contributed by atoms with Crippen LogP contribution in [-0.4, -0.2) is 53.9 Å². The fraction of sp³-hybridized carbons (Fsp3) is 0.400. The van der Waals surface area contributed by atoms with E-state index < -0.39 is 5.41 Å². The van der Waals surface area contributed by atoms with Gasteiger partial charge in [0, 0.05) is 43.6 Å². The maximum atomic E-state index is 13.4. The quantitative estimate of drug-likeness (QED) is 0.602. The molecule has 3 atom stereocenters. The summed E-state index contributed by atoms with van der Waals surface area (Å²) in [6.45, 7) is 3.70. The van der Waals surface area contributed by atoms with E-state index in [1.165, 1.54) is 0 Å². The second-order valence-electron chi connectivity index (χ2n) is 8.67. The van der Waals surface area contributed by atoms with E-state index in [2.05, 4.69) is 39.2 Å². The summed E-state index contributed by atoms with van der Waals surface area (Å²) in [5.41, 5.74) is 8.55. The van der Waals surface area contributed by atoms with Crippen molar-refractivity contribution in [3.8, 4) is 23.5 Å². The molecule has 2 aliphatic heterocycles. The SMILES string of the molecule is C#CCNC(=O)C1(Cc2ccccc2-c2cccnc2)CCN(C(=O)C2CNNC2C)C1. The van der Waals surface area contributed by atoms with Crippen LogP contribution in [0.25, 0.3) is 11.1 Å². The zero-order valence-corrected chi connectivity index (χ0v) is 18.3. The fourth-order valence-corrected chi connectivity index (χ4v) is 4.77. The Bertz CT molecular complexity index is 1020. The Morgan fingerprint density at radius 3 is 2.88 bits per heavy atom. The van der Waals surface area contributed by atoms with Crippen molar-refractivity contribution in [1.82, 2.24) is 26.1 Å². The lowest BCUT2D eigenvalue weighted by atomic mass is 9.78. The number of nitrogens with zero attached hydrogens (tertiary/aromatic N) is 2. The van der Waals surface area contributed by atoms with Crippen LogP contribution in [0, 0.1) is 23.7 Å². The first-order valence-corrected chi connectivity index (χ1v) is 11.0. The second kappa shape index (κ2) is 9.51. The minimum absolute atomic E-state index is 0.0547. The van der Waals surface area contributed by atoms with Gasteiger partial charge in [-0.15, -0.1) is 6.42 Å². The highest BCUT2D eigenvalue weighted by Gasteiger charge is 2.47. The summed E-state index contributed by atoms with van der Waals surface area (Å²) < 4.78 is 0. The lowest BCUT2D eigenvalue weighted by Gasteiger charge is -2.30. The van der Waals surface area contributed by atoms with E-state index in [4.69, 9.17) is 6.42 Å². The molecule has 2 amide bonds. The number of hydrogen-bond donors (Lipinski definition) is 3. The van der Waals surface area contributed by atoms with Crippen molar-refractivity contribution in [2.75, 3.05) is 26.2 Å². The van der Waals surface area contributed by atoms with Crippen molar-refractivity contribution in [2.24, 2.45) is 11.3 Å². The number of carbonyl (C=O) groups is 2. The van der Waals surface area contributed by atoms with E-state index in [1.807, 2.05) is 42.3 Å². The fourth-order valence-electron chi connectivity index (χ4n) is 4.77. The minimum atomic E-state index is -0.729. The van der Waals surface area contributed by atoms with Gasteiger partial charge in [0.15, 0.2) is 0 Å². The van der Waals surface area contributed by atoms with Crippen LogP contribution in [0.1, 0.15) is 18.9 Å². The number of aromatic nitrogens is 1. The minimum Gasteiger partial charge on any atom is -0.345 e. The first-order chi connectivity index (χ1) is 15.5. The van der Waals surface area contributed by atoms with Crippen LogP contribution in [0.3, 0.4) is 0 Å². The summed E-state index contributed by atoms with van der Waals surface area (Å²) in [5, 5.41) is 2.88. The summed E-state index contributed by atoms with van der Waals surface area (Å²) >= 11 is 0. The normalized spacial score (nSPS) is 24.8.